The molecule has 0 heterocycles. The van der Waals surface area contributed by atoms with Crippen molar-refractivity contribution in [3.63, 3.8) is 0 Å². The van der Waals surface area contributed by atoms with E-state index in [9.17, 15) is 0 Å². The second-order valence-electron chi connectivity index (χ2n) is 4.76. The van der Waals surface area contributed by atoms with Crippen molar-refractivity contribution in [1.29, 1.82) is 0 Å². The number of nitrogens with one attached hydrogen (secondary N) is 1. The minimum atomic E-state index is 0.353. The van der Waals surface area contributed by atoms with Gasteiger partial charge < -0.3 is 15.8 Å². The molecule has 1 aromatic rings. The molecule has 0 spiro atoms. The molecule has 17 heavy (non-hydrogen) atoms. The zero-order valence-electron chi connectivity index (χ0n) is 10.1. The Kier molecular flexibility index (Phi) is 3.92. The van der Waals surface area contributed by atoms with Crippen molar-refractivity contribution in [1.82, 2.24) is 5.32 Å². The van der Waals surface area contributed by atoms with E-state index in [0.29, 0.717) is 5.41 Å². The van der Waals surface area contributed by atoms with Gasteiger partial charge in [-0.3, -0.25) is 0 Å². The Balaban J connectivity index is 1.91. The van der Waals surface area contributed by atoms with E-state index in [4.69, 9.17) is 22.1 Å². The third-order valence-corrected chi connectivity index (χ3v) is 3.68. The predicted octanol–water partition coefficient (Wildman–Crippen LogP) is 2.18. The third-order valence-electron chi connectivity index (χ3n) is 3.45. The standard InChI is InChI=1S/C13H19ClN2O/c1-17-12-3-2-11(14)6-10(12)7-16-9-13(8-15)4-5-13/h2-3,6,16H,4-5,7-9,15H2,1H3. The van der Waals surface area contributed by atoms with Crippen LogP contribution in [0.15, 0.2) is 18.2 Å². The Morgan fingerprint density at radius 1 is 1.47 bits per heavy atom. The molecule has 0 unspecified atom stereocenters. The predicted molar refractivity (Wildman–Crippen MR) is 70.4 cm³/mol. The van der Waals surface area contributed by atoms with E-state index in [-0.39, 0.29) is 0 Å². The molecule has 3 N–H and O–H groups in total. The summed E-state index contributed by atoms with van der Waals surface area (Å²) in [4.78, 5) is 0. The SMILES string of the molecule is COc1ccc(Cl)cc1CNCC1(CN)CC1. The highest BCUT2D eigenvalue weighted by atomic mass is 35.5. The van der Waals surface area contributed by atoms with Crippen molar-refractivity contribution in [2.75, 3.05) is 20.2 Å². The van der Waals surface area contributed by atoms with E-state index in [1.54, 1.807) is 7.11 Å². The molecule has 0 atom stereocenters. The first-order chi connectivity index (χ1) is 8.19. The summed E-state index contributed by atoms with van der Waals surface area (Å²) in [7, 11) is 1.68. The molecule has 1 fully saturated rings. The van der Waals surface area contributed by atoms with Crippen molar-refractivity contribution < 1.29 is 4.74 Å². The summed E-state index contributed by atoms with van der Waals surface area (Å²) in [6.45, 7) is 2.51. The van der Waals surface area contributed by atoms with Gasteiger partial charge in [0.2, 0.25) is 0 Å². The van der Waals surface area contributed by atoms with E-state index in [2.05, 4.69) is 5.32 Å². The molecule has 1 saturated carbocycles. The van der Waals surface area contributed by atoms with E-state index >= 15 is 0 Å². The first-order valence-corrected chi connectivity index (χ1v) is 6.30. The minimum Gasteiger partial charge on any atom is -0.496 e. The van der Waals surface area contributed by atoms with Crippen LogP contribution in [0.4, 0.5) is 0 Å². The zero-order chi connectivity index (χ0) is 12.3. The lowest BCUT2D eigenvalue weighted by Gasteiger charge is -2.14. The van der Waals surface area contributed by atoms with Crippen LogP contribution in [-0.4, -0.2) is 20.2 Å². The summed E-state index contributed by atoms with van der Waals surface area (Å²) >= 11 is 5.98. The third kappa shape index (κ3) is 3.12. The van der Waals surface area contributed by atoms with Gasteiger partial charge in [-0.05, 0) is 43.0 Å². The van der Waals surface area contributed by atoms with Crippen LogP contribution in [0.1, 0.15) is 18.4 Å². The molecular weight excluding hydrogens is 236 g/mol. The van der Waals surface area contributed by atoms with Crippen LogP contribution >= 0.6 is 11.6 Å². The van der Waals surface area contributed by atoms with Gasteiger partial charge in [-0.15, -0.1) is 0 Å². The number of hydrogen-bond donors (Lipinski definition) is 2. The van der Waals surface area contributed by atoms with E-state index in [1.807, 2.05) is 18.2 Å². The van der Waals surface area contributed by atoms with Gasteiger partial charge in [0.15, 0.2) is 0 Å². The topological polar surface area (TPSA) is 47.3 Å². The molecule has 0 amide bonds. The smallest absolute Gasteiger partial charge is 0.123 e. The van der Waals surface area contributed by atoms with Crippen LogP contribution < -0.4 is 15.8 Å². The highest BCUT2D eigenvalue weighted by molar-refractivity contribution is 6.30. The largest absolute Gasteiger partial charge is 0.496 e. The van der Waals surface area contributed by atoms with Crippen LogP contribution in [0.3, 0.4) is 0 Å². The molecule has 0 radical (unpaired) electrons. The number of ether oxygens (including phenoxy) is 1. The Bertz CT molecular complexity index is 391. The molecule has 1 aliphatic carbocycles. The first kappa shape index (κ1) is 12.7. The lowest BCUT2D eigenvalue weighted by atomic mass is 10.1. The van der Waals surface area contributed by atoms with Gasteiger partial charge in [0.25, 0.3) is 0 Å². The average Bonchev–Trinajstić information content (AvgIpc) is 3.10. The maximum atomic E-state index is 5.98. The van der Waals surface area contributed by atoms with Gasteiger partial charge >= 0.3 is 0 Å². The summed E-state index contributed by atoms with van der Waals surface area (Å²) in [6.07, 6.45) is 2.48. The molecule has 3 nitrogen and oxygen atoms in total. The number of benzene rings is 1. The maximum absolute atomic E-state index is 5.98. The highest BCUT2D eigenvalue weighted by Gasteiger charge is 2.40. The maximum Gasteiger partial charge on any atom is 0.123 e. The normalized spacial score (nSPS) is 16.9. The van der Waals surface area contributed by atoms with Crippen LogP contribution in [0.25, 0.3) is 0 Å². The molecule has 0 aromatic heterocycles. The summed E-state index contributed by atoms with van der Waals surface area (Å²) in [6, 6.07) is 5.68. The lowest BCUT2D eigenvalue weighted by molar-refractivity contribution is 0.404. The van der Waals surface area contributed by atoms with Crippen molar-refractivity contribution in [3.05, 3.63) is 28.8 Å². The molecular formula is C13H19ClN2O. The number of halogens is 1. The van der Waals surface area contributed by atoms with Gasteiger partial charge in [-0.2, -0.15) is 0 Å². The quantitative estimate of drug-likeness (QED) is 0.818. The summed E-state index contributed by atoms with van der Waals surface area (Å²) < 4.78 is 5.30. The van der Waals surface area contributed by atoms with Gasteiger partial charge in [0.05, 0.1) is 7.11 Å². The Hall–Kier alpha value is -0.770. The van der Waals surface area contributed by atoms with Gasteiger partial charge in [-0.1, -0.05) is 11.6 Å². The molecule has 0 saturated heterocycles. The Morgan fingerprint density at radius 2 is 2.24 bits per heavy atom. The number of rotatable bonds is 6. The molecule has 94 valence electrons. The fraction of sp³-hybridized carbons (Fsp3) is 0.538. The van der Waals surface area contributed by atoms with Crippen LogP contribution in [-0.2, 0) is 6.54 Å². The van der Waals surface area contributed by atoms with Gasteiger partial charge in [0.1, 0.15) is 5.75 Å². The molecule has 1 aromatic carbocycles. The van der Waals surface area contributed by atoms with Crippen LogP contribution in [0.5, 0.6) is 5.75 Å². The van der Waals surface area contributed by atoms with Crippen LogP contribution in [0.2, 0.25) is 5.02 Å². The number of methoxy groups -OCH3 is 1. The van der Waals surface area contributed by atoms with Crippen molar-refractivity contribution in [2.24, 2.45) is 11.1 Å². The fourth-order valence-electron chi connectivity index (χ4n) is 1.98. The molecule has 0 bridgehead atoms. The van der Waals surface area contributed by atoms with Crippen molar-refractivity contribution >= 4 is 11.6 Å². The number of hydrogen-bond acceptors (Lipinski definition) is 3. The van der Waals surface area contributed by atoms with Crippen LogP contribution in [0, 0.1) is 5.41 Å². The fourth-order valence-corrected chi connectivity index (χ4v) is 2.17. The second kappa shape index (κ2) is 5.25. The molecule has 0 aliphatic heterocycles. The second-order valence-corrected chi connectivity index (χ2v) is 5.20. The highest BCUT2D eigenvalue weighted by Crippen LogP contribution is 2.43. The summed E-state index contributed by atoms with van der Waals surface area (Å²) in [5.74, 6) is 0.875. The monoisotopic (exact) mass is 254 g/mol. The Morgan fingerprint density at radius 3 is 2.82 bits per heavy atom. The molecule has 1 aliphatic rings. The van der Waals surface area contributed by atoms with E-state index < -0.39 is 0 Å². The molecule has 2 rings (SSSR count). The molecule has 4 heteroatoms. The lowest BCUT2D eigenvalue weighted by Crippen LogP contribution is -2.29. The van der Waals surface area contributed by atoms with E-state index in [1.165, 1.54) is 12.8 Å². The first-order valence-electron chi connectivity index (χ1n) is 5.92. The van der Waals surface area contributed by atoms with Crippen molar-refractivity contribution in [3.8, 4) is 5.75 Å². The average molecular weight is 255 g/mol. The zero-order valence-corrected chi connectivity index (χ0v) is 10.9. The van der Waals surface area contributed by atoms with E-state index in [0.717, 1.165) is 36.0 Å². The summed E-state index contributed by atoms with van der Waals surface area (Å²) in [5, 5.41) is 4.18. The summed E-state index contributed by atoms with van der Waals surface area (Å²) in [5.41, 5.74) is 7.19. The number of nitrogens with two attached hydrogens (primary N) is 1. The van der Waals surface area contributed by atoms with Gasteiger partial charge in [0, 0.05) is 23.7 Å². The minimum absolute atomic E-state index is 0.353. The van der Waals surface area contributed by atoms with Crippen molar-refractivity contribution in [2.45, 2.75) is 19.4 Å². The van der Waals surface area contributed by atoms with Gasteiger partial charge in [-0.25, -0.2) is 0 Å². The Labute approximate surface area is 107 Å².